The SMILES string of the molecule is CCc1ccc(C)cc1CN(C(=O)Cc1c(C(F)F)nn(C)c1F)C1CC1. The van der Waals surface area contributed by atoms with Gasteiger partial charge in [-0.2, -0.15) is 9.49 Å². The van der Waals surface area contributed by atoms with Crippen molar-refractivity contribution in [1.82, 2.24) is 14.7 Å². The van der Waals surface area contributed by atoms with Gasteiger partial charge in [0.1, 0.15) is 5.69 Å². The summed E-state index contributed by atoms with van der Waals surface area (Å²) in [4.78, 5) is 14.6. The maximum Gasteiger partial charge on any atom is 0.282 e. The lowest BCUT2D eigenvalue weighted by Crippen LogP contribution is -2.34. The number of alkyl halides is 2. The van der Waals surface area contributed by atoms with Gasteiger partial charge in [0, 0.05) is 25.2 Å². The minimum Gasteiger partial charge on any atom is -0.335 e. The molecule has 0 atom stereocenters. The molecule has 7 heteroatoms. The highest BCUT2D eigenvalue weighted by Crippen LogP contribution is 2.31. The van der Waals surface area contributed by atoms with Crippen molar-refractivity contribution < 1.29 is 18.0 Å². The summed E-state index contributed by atoms with van der Waals surface area (Å²) in [5, 5.41) is 3.53. The fraction of sp³-hybridized carbons (Fsp3) is 0.500. The number of hydrogen-bond donors (Lipinski definition) is 0. The molecule has 0 saturated heterocycles. The van der Waals surface area contributed by atoms with Crippen LogP contribution in [0.4, 0.5) is 13.2 Å². The average molecular weight is 379 g/mol. The smallest absolute Gasteiger partial charge is 0.282 e. The Hall–Kier alpha value is -2.31. The summed E-state index contributed by atoms with van der Waals surface area (Å²) < 4.78 is 41.3. The van der Waals surface area contributed by atoms with Crippen molar-refractivity contribution in [2.75, 3.05) is 0 Å². The van der Waals surface area contributed by atoms with Gasteiger partial charge in [-0.1, -0.05) is 30.7 Å². The highest BCUT2D eigenvalue weighted by Gasteiger charge is 2.34. The average Bonchev–Trinajstić information content (AvgIpc) is 3.42. The Morgan fingerprint density at radius 3 is 2.63 bits per heavy atom. The summed E-state index contributed by atoms with van der Waals surface area (Å²) in [5.41, 5.74) is 2.36. The van der Waals surface area contributed by atoms with E-state index in [-0.39, 0.29) is 17.5 Å². The minimum atomic E-state index is -2.92. The molecule has 1 amide bonds. The van der Waals surface area contributed by atoms with Gasteiger partial charge in [-0.15, -0.1) is 0 Å². The molecule has 0 radical (unpaired) electrons. The summed E-state index contributed by atoms with van der Waals surface area (Å²) in [6.45, 7) is 4.46. The number of amides is 1. The maximum atomic E-state index is 14.2. The zero-order valence-electron chi connectivity index (χ0n) is 15.8. The quantitative estimate of drug-likeness (QED) is 0.726. The fourth-order valence-electron chi connectivity index (χ4n) is 3.40. The van der Waals surface area contributed by atoms with Crippen molar-refractivity contribution in [2.45, 2.75) is 58.5 Å². The zero-order chi connectivity index (χ0) is 19.7. The Balaban J connectivity index is 1.85. The molecule has 0 unspecified atom stereocenters. The molecule has 1 saturated carbocycles. The summed E-state index contributed by atoms with van der Waals surface area (Å²) in [6.07, 6.45) is -0.702. The van der Waals surface area contributed by atoms with E-state index in [4.69, 9.17) is 0 Å². The van der Waals surface area contributed by atoms with Crippen LogP contribution >= 0.6 is 0 Å². The molecular formula is C20H24F3N3O. The molecule has 3 rings (SSSR count). The van der Waals surface area contributed by atoms with Crippen LogP contribution in [0.1, 0.15) is 54.1 Å². The third-order valence-electron chi connectivity index (χ3n) is 5.03. The first-order chi connectivity index (χ1) is 12.8. The number of carbonyl (C=O) groups is 1. The zero-order valence-corrected chi connectivity index (χ0v) is 15.8. The monoisotopic (exact) mass is 379 g/mol. The van der Waals surface area contributed by atoms with Gasteiger partial charge in [0.15, 0.2) is 0 Å². The Labute approximate surface area is 157 Å². The van der Waals surface area contributed by atoms with E-state index >= 15 is 0 Å². The van der Waals surface area contributed by atoms with Gasteiger partial charge in [-0.05, 0) is 37.3 Å². The lowest BCUT2D eigenvalue weighted by molar-refractivity contribution is -0.131. The highest BCUT2D eigenvalue weighted by atomic mass is 19.3. The molecular weight excluding hydrogens is 355 g/mol. The normalized spacial score (nSPS) is 14.0. The second-order valence-corrected chi connectivity index (χ2v) is 7.13. The van der Waals surface area contributed by atoms with Crippen LogP contribution in [0.2, 0.25) is 0 Å². The molecule has 0 bridgehead atoms. The highest BCUT2D eigenvalue weighted by molar-refractivity contribution is 5.79. The number of rotatable bonds is 7. The topological polar surface area (TPSA) is 38.1 Å². The first-order valence-electron chi connectivity index (χ1n) is 9.19. The maximum absolute atomic E-state index is 14.2. The van der Waals surface area contributed by atoms with E-state index in [9.17, 15) is 18.0 Å². The van der Waals surface area contributed by atoms with Gasteiger partial charge in [0.05, 0.1) is 6.42 Å². The summed E-state index contributed by atoms with van der Waals surface area (Å²) in [7, 11) is 1.26. The Bertz CT molecular complexity index is 843. The van der Waals surface area contributed by atoms with Crippen molar-refractivity contribution in [3.63, 3.8) is 0 Å². The second-order valence-electron chi connectivity index (χ2n) is 7.13. The summed E-state index contributed by atoms with van der Waals surface area (Å²) >= 11 is 0. The van der Waals surface area contributed by atoms with E-state index in [0.29, 0.717) is 6.54 Å². The van der Waals surface area contributed by atoms with Crippen LogP contribution in [0.15, 0.2) is 18.2 Å². The Kier molecular flexibility index (Phi) is 5.58. The van der Waals surface area contributed by atoms with E-state index in [1.165, 1.54) is 7.05 Å². The largest absolute Gasteiger partial charge is 0.335 e. The third-order valence-corrected chi connectivity index (χ3v) is 5.03. The molecule has 1 aliphatic carbocycles. The van der Waals surface area contributed by atoms with E-state index in [1.54, 1.807) is 4.90 Å². The van der Waals surface area contributed by atoms with Gasteiger partial charge < -0.3 is 4.90 Å². The molecule has 1 aromatic carbocycles. The van der Waals surface area contributed by atoms with Crippen LogP contribution in [0, 0.1) is 12.9 Å². The number of nitrogens with zero attached hydrogens (tertiary/aromatic N) is 3. The number of benzene rings is 1. The van der Waals surface area contributed by atoms with E-state index in [0.717, 1.165) is 40.6 Å². The number of aromatic nitrogens is 2. The van der Waals surface area contributed by atoms with Gasteiger partial charge >= 0.3 is 0 Å². The van der Waals surface area contributed by atoms with Crippen LogP contribution < -0.4 is 0 Å². The number of aryl methyl sites for hydroxylation is 3. The first-order valence-corrected chi connectivity index (χ1v) is 9.19. The molecule has 1 heterocycles. The van der Waals surface area contributed by atoms with Crippen molar-refractivity contribution in [2.24, 2.45) is 7.05 Å². The first kappa shape index (κ1) is 19.5. The van der Waals surface area contributed by atoms with Crippen LogP contribution in [-0.4, -0.2) is 26.6 Å². The van der Waals surface area contributed by atoms with Crippen molar-refractivity contribution >= 4 is 5.91 Å². The van der Waals surface area contributed by atoms with Gasteiger partial charge in [0.25, 0.3) is 6.43 Å². The van der Waals surface area contributed by atoms with Crippen molar-refractivity contribution in [3.05, 3.63) is 52.1 Å². The standard InChI is InChI=1S/C20H24F3N3O/c1-4-13-6-5-12(2)9-14(13)11-26(15-7-8-15)17(27)10-16-18(19(21)22)24-25(3)20(16)23/h5-6,9,15,19H,4,7-8,10-11H2,1-3H3. The van der Waals surface area contributed by atoms with Gasteiger partial charge in [-0.25, -0.2) is 13.5 Å². The number of halogens is 3. The molecule has 146 valence electrons. The molecule has 0 N–H and O–H groups in total. The molecule has 1 aromatic heterocycles. The fourth-order valence-corrected chi connectivity index (χ4v) is 3.40. The second kappa shape index (κ2) is 7.74. The van der Waals surface area contributed by atoms with E-state index in [2.05, 4.69) is 24.2 Å². The lowest BCUT2D eigenvalue weighted by atomic mass is 10.0. The molecule has 2 aromatic rings. The third kappa shape index (κ3) is 4.17. The van der Waals surface area contributed by atoms with Gasteiger partial charge in [-0.3, -0.25) is 4.79 Å². The predicted octanol–water partition coefficient (Wildman–Crippen LogP) is 4.10. The molecule has 0 aliphatic heterocycles. The summed E-state index contributed by atoms with van der Waals surface area (Å²) in [6, 6.07) is 6.23. The van der Waals surface area contributed by atoms with Crippen molar-refractivity contribution in [1.29, 1.82) is 0 Å². The number of hydrogen-bond acceptors (Lipinski definition) is 2. The molecule has 4 nitrogen and oxygen atoms in total. The Morgan fingerprint density at radius 2 is 2.04 bits per heavy atom. The number of carbonyl (C=O) groups excluding carboxylic acids is 1. The minimum absolute atomic E-state index is 0.0949. The molecule has 1 aliphatic rings. The predicted molar refractivity (Wildman–Crippen MR) is 96.0 cm³/mol. The molecule has 0 spiro atoms. The van der Waals surface area contributed by atoms with E-state index in [1.807, 2.05) is 13.0 Å². The van der Waals surface area contributed by atoms with Crippen LogP contribution in [0.5, 0.6) is 0 Å². The van der Waals surface area contributed by atoms with Gasteiger partial charge in [0.2, 0.25) is 11.9 Å². The van der Waals surface area contributed by atoms with Crippen LogP contribution in [0.3, 0.4) is 0 Å². The van der Waals surface area contributed by atoms with Crippen molar-refractivity contribution in [3.8, 4) is 0 Å². The summed E-state index contributed by atoms with van der Waals surface area (Å²) in [5.74, 6) is -1.21. The van der Waals surface area contributed by atoms with Crippen LogP contribution in [-0.2, 0) is 31.2 Å². The van der Waals surface area contributed by atoms with Crippen LogP contribution in [0.25, 0.3) is 0 Å². The Morgan fingerprint density at radius 1 is 1.33 bits per heavy atom. The molecule has 1 fully saturated rings. The van der Waals surface area contributed by atoms with E-state index < -0.39 is 24.5 Å². The lowest BCUT2D eigenvalue weighted by Gasteiger charge is -2.24. The molecule has 27 heavy (non-hydrogen) atoms.